The number of hydrogen-bond acceptors (Lipinski definition) is 2. The molecule has 0 saturated heterocycles. The van der Waals surface area contributed by atoms with Crippen molar-refractivity contribution in [3.63, 3.8) is 0 Å². The fourth-order valence-electron chi connectivity index (χ4n) is 2.63. The number of hydrogen-bond donors (Lipinski definition) is 1. The van der Waals surface area contributed by atoms with Gasteiger partial charge in [0.15, 0.2) is 0 Å². The van der Waals surface area contributed by atoms with Crippen molar-refractivity contribution >= 4 is 0 Å². The van der Waals surface area contributed by atoms with Crippen molar-refractivity contribution in [1.82, 2.24) is 5.32 Å². The molecular weight excluding hydrogens is 198 g/mol. The average molecular weight is 229 g/mol. The zero-order chi connectivity index (χ0) is 12.6. The Hall–Kier alpha value is -0.0800. The first-order chi connectivity index (χ1) is 7.61. The van der Waals surface area contributed by atoms with Crippen LogP contribution in [0, 0.1) is 5.92 Å². The van der Waals surface area contributed by atoms with Crippen molar-refractivity contribution in [3.8, 4) is 0 Å². The van der Waals surface area contributed by atoms with Gasteiger partial charge in [-0.3, -0.25) is 0 Å². The predicted molar refractivity (Wildman–Crippen MR) is 71.9 cm³/mol. The lowest BCUT2D eigenvalue weighted by Crippen LogP contribution is -2.55. The molecule has 2 nitrogen and oxygen atoms in total. The molecule has 0 spiro atoms. The molecule has 0 fully saturated rings. The smallest absolute Gasteiger partial charge is 0.0831 e. The molecule has 0 radical (unpaired) electrons. The minimum atomic E-state index is 0.0141. The molecular formula is C14H31NO. The van der Waals surface area contributed by atoms with Crippen molar-refractivity contribution in [2.45, 2.75) is 72.4 Å². The molecule has 0 amide bonds. The largest absolute Gasteiger partial charge is 0.374 e. The van der Waals surface area contributed by atoms with Crippen molar-refractivity contribution in [3.05, 3.63) is 0 Å². The van der Waals surface area contributed by atoms with Crippen molar-refractivity contribution in [1.29, 1.82) is 0 Å². The topological polar surface area (TPSA) is 21.3 Å². The highest BCUT2D eigenvalue weighted by Crippen LogP contribution is 2.30. The second-order valence-corrected chi connectivity index (χ2v) is 4.63. The molecule has 1 N–H and O–H groups in total. The van der Waals surface area contributed by atoms with Crippen molar-refractivity contribution in [2.24, 2.45) is 5.92 Å². The lowest BCUT2D eigenvalue weighted by Gasteiger charge is -2.43. The van der Waals surface area contributed by atoms with E-state index < -0.39 is 0 Å². The fraction of sp³-hybridized carbons (Fsp3) is 1.00. The quantitative estimate of drug-likeness (QED) is 0.652. The van der Waals surface area contributed by atoms with Gasteiger partial charge in [0.1, 0.15) is 0 Å². The number of rotatable bonds is 9. The van der Waals surface area contributed by atoms with Crippen LogP contribution in [0.15, 0.2) is 0 Å². The van der Waals surface area contributed by atoms with Crippen LogP contribution in [-0.2, 0) is 4.74 Å². The summed E-state index contributed by atoms with van der Waals surface area (Å²) in [5.74, 6) is 0.659. The van der Waals surface area contributed by atoms with Crippen LogP contribution < -0.4 is 5.32 Å². The molecule has 0 saturated carbocycles. The minimum absolute atomic E-state index is 0.0141. The maximum absolute atomic E-state index is 6.10. The zero-order valence-corrected chi connectivity index (χ0v) is 12.1. The van der Waals surface area contributed by atoms with Gasteiger partial charge < -0.3 is 10.1 Å². The van der Waals surface area contributed by atoms with E-state index in [0.717, 1.165) is 26.0 Å². The second kappa shape index (κ2) is 8.08. The number of nitrogens with one attached hydrogen (secondary N) is 1. The molecule has 16 heavy (non-hydrogen) atoms. The molecule has 0 aliphatic rings. The number of likely N-dealkylation sites (N-methyl/N-ethyl adjacent to an activating group) is 1. The molecule has 0 aromatic heterocycles. The summed E-state index contributed by atoms with van der Waals surface area (Å²) in [6, 6.07) is 0.470. The van der Waals surface area contributed by atoms with Crippen LogP contribution in [0.5, 0.6) is 0 Å². The van der Waals surface area contributed by atoms with Gasteiger partial charge in [-0.25, -0.2) is 0 Å². The van der Waals surface area contributed by atoms with E-state index in [0.29, 0.717) is 12.0 Å². The first kappa shape index (κ1) is 15.9. The van der Waals surface area contributed by atoms with E-state index >= 15 is 0 Å². The minimum Gasteiger partial charge on any atom is -0.374 e. The summed E-state index contributed by atoms with van der Waals surface area (Å²) in [6.07, 6.45) is 3.37. The van der Waals surface area contributed by atoms with E-state index in [-0.39, 0.29) is 5.60 Å². The molecule has 0 heterocycles. The molecule has 0 bridgehead atoms. The fourth-order valence-corrected chi connectivity index (χ4v) is 2.63. The Morgan fingerprint density at radius 2 is 1.62 bits per heavy atom. The molecule has 0 aliphatic carbocycles. The standard InChI is InChI=1S/C14H31NO/c1-7-12(6)13(15-10-4)14(8-2,9-3)16-11-5/h12-13,15H,7-11H2,1-6H3. The van der Waals surface area contributed by atoms with E-state index in [1.165, 1.54) is 6.42 Å². The van der Waals surface area contributed by atoms with Crippen LogP contribution in [0.4, 0.5) is 0 Å². The van der Waals surface area contributed by atoms with Gasteiger partial charge in [-0.2, -0.15) is 0 Å². The van der Waals surface area contributed by atoms with Crippen LogP contribution >= 0.6 is 0 Å². The summed E-state index contributed by atoms with van der Waals surface area (Å²) in [5.41, 5.74) is 0.0141. The number of ether oxygens (including phenoxy) is 1. The van der Waals surface area contributed by atoms with E-state index in [1.807, 2.05) is 0 Å². The maximum atomic E-state index is 6.10. The maximum Gasteiger partial charge on any atom is 0.0831 e. The van der Waals surface area contributed by atoms with Gasteiger partial charge >= 0.3 is 0 Å². The third kappa shape index (κ3) is 3.74. The van der Waals surface area contributed by atoms with E-state index in [1.54, 1.807) is 0 Å². The summed E-state index contributed by atoms with van der Waals surface area (Å²) in [4.78, 5) is 0. The zero-order valence-electron chi connectivity index (χ0n) is 12.1. The summed E-state index contributed by atoms with van der Waals surface area (Å²) in [6.45, 7) is 15.2. The molecule has 2 heteroatoms. The van der Waals surface area contributed by atoms with Crippen LogP contribution in [-0.4, -0.2) is 24.8 Å². The van der Waals surface area contributed by atoms with Gasteiger partial charge in [-0.05, 0) is 32.2 Å². The van der Waals surface area contributed by atoms with Gasteiger partial charge in [-0.1, -0.05) is 41.0 Å². The molecule has 2 atom stereocenters. The third-order valence-electron chi connectivity index (χ3n) is 3.83. The highest BCUT2D eigenvalue weighted by Gasteiger charge is 2.38. The van der Waals surface area contributed by atoms with Crippen LogP contribution in [0.3, 0.4) is 0 Å². The lowest BCUT2D eigenvalue weighted by molar-refractivity contribution is -0.0838. The molecule has 2 unspecified atom stereocenters. The van der Waals surface area contributed by atoms with E-state index in [2.05, 4.69) is 46.9 Å². The molecule has 0 aliphatic heterocycles. The van der Waals surface area contributed by atoms with Gasteiger partial charge in [0.25, 0.3) is 0 Å². The summed E-state index contributed by atoms with van der Waals surface area (Å²) < 4.78 is 6.10. The highest BCUT2D eigenvalue weighted by atomic mass is 16.5. The second-order valence-electron chi connectivity index (χ2n) is 4.63. The Labute approximate surface area is 102 Å². The lowest BCUT2D eigenvalue weighted by atomic mass is 9.80. The monoisotopic (exact) mass is 229 g/mol. The van der Waals surface area contributed by atoms with Gasteiger partial charge in [0, 0.05) is 12.6 Å². The molecule has 98 valence electrons. The Bertz CT molecular complexity index is 166. The van der Waals surface area contributed by atoms with Crippen LogP contribution in [0.2, 0.25) is 0 Å². The van der Waals surface area contributed by atoms with Crippen molar-refractivity contribution in [2.75, 3.05) is 13.2 Å². The Kier molecular flexibility index (Phi) is 8.04. The summed E-state index contributed by atoms with van der Waals surface area (Å²) in [7, 11) is 0. The van der Waals surface area contributed by atoms with Gasteiger partial charge in [0.05, 0.1) is 5.60 Å². The Morgan fingerprint density at radius 3 is 1.94 bits per heavy atom. The third-order valence-corrected chi connectivity index (χ3v) is 3.83. The summed E-state index contributed by atoms with van der Waals surface area (Å²) in [5, 5.41) is 3.64. The van der Waals surface area contributed by atoms with Gasteiger partial charge in [0.2, 0.25) is 0 Å². The average Bonchev–Trinajstić information content (AvgIpc) is 2.32. The Morgan fingerprint density at radius 1 is 1.06 bits per heavy atom. The molecule has 0 rings (SSSR count). The first-order valence-corrected chi connectivity index (χ1v) is 6.99. The van der Waals surface area contributed by atoms with E-state index in [4.69, 9.17) is 4.74 Å². The first-order valence-electron chi connectivity index (χ1n) is 6.99. The van der Waals surface area contributed by atoms with Crippen LogP contribution in [0.25, 0.3) is 0 Å². The van der Waals surface area contributed by atoms with E-state index in [9.17, 15) is 0 Å². The highest BCUT2D eigenvalue weighted by molar-refractivity contribution is 4.94. The van der Waals surface area contributed by atoms with Crippen molar-refractivity contribution < 1.29 is 4.74 Å². The normalized spacial score (nSPS) is 16.1. The summed E-state index contributed by atoms with van der Waals surface area (Å²) >= 11 is 0. The SMILES string of the molecule is CCNC(C(C)CC)C(CC)(CC)OCC. The van der Waals surface area contributed by atoms with Gasteiger partial charge in [-0.15, -0.1) is 0 Å². The predicted octanol–water partition coefficient (Wildman–Crippen LogP) is 3.61. The molecule has 0 aromatic rings. The Balaban J connectivity index is 4.90. The molecule has 0 aromatic carbocycles. The van der Waals surface area contributed by atoms with Crippen LogP contribution in [0.1, 0.15) is 60.8 Å².